The number of fused-ring (bicyclic) bond motifs is 13. The molecule has 0 fully saturated rings. The molecule has 2 heteroatoms. The van der Waals surface area contributed by atoms with E-state index in [2.05, 4.69) is 200 Å². The van der Waals surface area contributed by atoms with Crippen LogP contribution in [-0.2, 0) is 11.8 Å². The molecule has 2 aliphatic carbocycles. The second-order valence-electron chi connectivity index (χ2n) is 17.9. The minimum Gasteiger partial charge on any atom is -0.294 e. The lowest BCUT2D eigenvalue weighted by Gasteiger charge is -2.33. The van der Waals surface area contributed by atoms with Crippen molar-refractivity contribution in [3.63, 3.8) is 0 Å². The highest BCUT2D eigenvalue weighted by molar-refractivity contribution is 6.26. The molecular formula is C59H42N2. The summed E-state index contributed by atoms with van der Waals surface area (Å²) in [4.78, 5) is 5.57. The standard InChI is InChI=1S/C59H42N2/c1-35-55(47-24-14-23-45-44-21-10-12-25-51(44)59(2,3)57(45)47)46-22-11-13-26-52(46)60-58(35)61-53-29-28-39(33-50(53)56-41-18-7-6-15-36(41)27-30-54(56)61)48-34-40-31-37-16-4-5-17-38(37)32-49(40)43-20-9-8-19-42(43)48/h4-33,48,55H,1,34H2,2-3H3. The summed E-state index contributed by atoms with van der Waals surface area (Å²) in [7, 11) is 0. The van der Waals surface area contributed by atoms with Crippen molar-refractivity contribution in [2.24, 2.45) is 4.99 Å². The van der Waals surface area contributed by atoms with Gasteiger partial charge in [-0.15, -0.1) is 0 Å². The maximum absolute atomic E-state index is 5.57. The van der Waals surface area contributed by atoms with Gasteiger partial charge >= 0.3 is 0 Å². The molecule has 0 N–H and O–H groups in total. The zero-order valence-corrected chi connectivity index (χ0v) is 34.3. The van der Waals surface area contributed by atoms with Crippen LogP contribution >= 0.6 is 0 Å². The van der Waals surface area contributed by atoms with Gasteiger partial charge in [-0.25, -0.2) is 4.99 Å². The Morgan fingerprint density at radius 1 is 0.541 bits per heavy atom. The number of aliphatic imine (C=N–C) groups is 1. The summed E-state index contributed by atoms with van der Waals surface area (Å²) in [6.45, 7) is 9.78. The van der Waals surface area contributed by atoms with Crippen molar-refractivity contribution in [1.29, 1.82) is 0 Å². The molecular weight excluding hydrogens is 737 g/mol. The Bertz CT molecular complexity index is 3570. The first kappa shape index (κ1) is 34.6. The first-order valence-electron chi connectivity index (χ1n) is 21.6. The fraction of sp³-hybridized carbons (Fsp3) is 0.102. The maximum Gasteiger partial charge on any atom is 0.141 e. The smallest absolute Gasteiger partial charge is 0.141 e. The van der Waals surface area contributed by atoms with E-state index in [1.54, 1.807) is 0 Å². The molecule has 3 aliphatic rings. The minimum atomic E-state index is -0.167. The Balaban J connectivity index is 1.03. The third-order valence-corrected chi connectivity index (χ3v) is 14.3. The van der Waals surface area contributed by atoms with Gasteiger partial charge in [-0.1, -0.05) is 172 Å². The number of aromatic nitrogens is 1. The monoisotopic (exact) mass is 778 g/mol. The topological polar surface area (TPSA) is 17.3 Å². The van der Waals surface area contributed by atoms with Crippen LogP contribution < -0.4 is 0 Å². The van der Waals surface area contributed by atoms with E-state index >= 15 is 0 Å². The minimum absolute atomic E-state index is 0.0747. The van der Waals surface area contributed by atoms with Crippen LogP contribution in [0.1, 0.15) is 64.6 Å². The molecule has 0 amide bonds. The fourth-order valence-electron chi connectivity index (χ4n) is 11.6. The molecule has 2 nitrogen and oxygen atoms in total. The van der Waals surface area contributed by atoms with Crippen LogP contribution in [0.15, 0.2) is 199 Å². The Hall–Kier alpha value is -7.29. The first-order valence-corrected chi connectivity index (χ1v) is 21.6. The quantitative estimate of drug-likeness (QED) is 0.166. The van der Waals surface area contributed by atoms with Gasteiger partial charge in [0, 0.05) is 33.6 Å². The van der Waals surface area contributed by atoms with Crippen LogP contribution in [0.5, 0.6) is 0 Å². The van der Waals surface area contributed by atoms with Crippen molar-refractivity contribution in [3.8, 4) is 22.3 Å². The second-order valence-corrected chi connectivity index (χ2v) is 17.9. The van der Waals surface area contributed by atoms with E-state index in [1.165, 1.54) is 93.5 Å². The average Bonchev–Trinajstić information content (AvgIpc) is 3.76. The molecule has 0 saturated carbocycles. The third-order valence-electron chi connectivity index (χ3n) is 14.3. The Morgan fingerprint density at radius 2 is 1.21 bits per heavy atom. The van der Waals surface area contributed by atoms with Gasteiger partial charge in [0.2, 0.25) is 0 Å². The largest absolute Gasteiger partial charge is 0.294 e. The molecule has 61 heavy (non-hydrogen) atoms. The molecule has 0 saturated heterocycles. The number of allylic oxidation sites excluding steroid dienone is 1. The number of rotatable bonds is 2. The average molecular weight is 779 g/mol. The van der Waals surface area contributed by atoms with Gasteiger partial charge in [0.05, 0.1) is 16.7 Å². The van der Waals surface area contributed by atoms with Crippen LogP contribution in [0.3, 0.4) is 0 Å². The molecule has 2 heterocycles. The molecule has 2 unspecified atom stereocenters. The fourth-order valence-corrected chi connectivity index (χ4v) is 11.6. The number of benzene rings is 9. The molecule has 1 aromatic heterocycles. The zero-order chi connectivity index (χ0) is 40.6. The van der Waals surface area contributed by atoms with Gasteiger partial charge in [-0.3, -0.25) is 4.57 Å². The van der Waals surface area contributed by atoms with Crippen LogP contribution in [0, 0.1) is 0 Å². The number of hydrogen-bond acceptors (Lipinski definition) is 1. The highest BCUT2D eigenvalue weighted by Crippen LogP contribution is 2.54. The van der Waals surface area contributed by atoms with Crippen molar-refractivity contribution in [2.75, 3.05) is 0 Å². The second kappa shape index (κ2) is 12.6. The lowest BCUT2D eigenvalue weighted by molar-refractivity contribution is 0.648. The van der Waals surface area contributed by atoms with E-state index in [0.29, 0.717) is 0 Å². The van der Waals surface area contributed by atoms with E-state index < -0.39 is 0 Å². The molecule has 9 aromatic carbocycles. The predicted octanol–water partition coefficient (Wildman–Crippen LogP) is 15.0. The summed E-state index contributed by atoms with van der Waals surface area (Å²) in [5, 5.41) is 7.57. The molecule has 1 aliphatic heterocycles. The summed E-state index contributed by atoms with van der Waals surface area (Å²) < 4.78 is 2.42. The van der Waals surface area contributed by atoms with Gasteiger partial charge < -0.3 is 0 Å². The Kier molecular flexibility index (Phi) is 7.15. The maximum atomic E-state index is 5.57. The molecule has 0 radical (unpaired) electrons. The molecule has 288 valence electrons. The molecule has 13 rings (SSSR count). The molecule has 0 bridgehead atoms. The third kappa shape index (κ3) is 4.82. The lowest BCUT2D eigenvalue weighted by atomic mass is 9.73. The van der Waals surface area contributed by atoms with Crippen molar-refractivity contribution >= 4 is 54.9 Å². The summed E-state index contributed by atoms with van der Waals surface area (Å²) in [6.07, 6.45) is 0.950. The Labute approximate surface area is 355 Å². The lowest BCUT2D eigenvalue weighted by Crippen LogP contribution is -2.25. The van der Waals surface area contributed by atoms with Crippen molar-refractivity contribution in [1.82, 2.24) is 4.57 Å². The van der Waals surface area contributed by atoms with Crippen LogP contribution in [0.2, 0.25) is 0 Å². The predicted molar refractivity (Wildman–Crippen MR) is 256 cm³/mol. The highest BCUT2D eigenvalue weighted by atomic mass is 15.1. The molecule has 10 aromatic rings. The molecule has 0 spiro atoms. The van der Waals surface area contributed by atoms with E-state index in [9.17, 15) is 0 Å². The van der Waals surface area contributed by atoms with Gasteiger partial charge in [0.15, 0.2) is 0 Å². The summed E-state index contributed by atoms with van der Waals surface area (Å²) in [6, 6.07) is 67.8. The van der Waals surface area contributed by atoms with Crippen molar-refractivity contribution < 1.29 is 0 Å². The van der Waals surface area contributed by atoms with E-state index in [4.69, 9.17) is 11.6 Å². The van der Waals surface area contributed by atoms with E-state index in [-0.39, 0.29) is 17.3 Å². The number of hydrogen-bond donors (Lipinski definition) is 0. The highest BCUT2D eigenvalue weighted by Gasteiger charge is 2.41. The van der Waals surface area contributed by atoms with E-state index in [0.717, 1.165) is 34.6 Å². The van der Waals surface area contributed by atoms with E-state index in [1.807, 2.05) is 0 Å². The van der Waals surface area contributed by atoms with Gasteiger partial charge in [0.25, 0.3) is 0 Å². The van der Waals surface area contributed by atoms with Crippen molar-refractivity contribution in [3.05, 3.63) is 233 Å². The molecule has 2 atom stereocenters. The van der Waals surface area contributed by atoms with Gasteiger partial charge in [0.1, 0.15) is 5.84 Å². The summed E-state index contributed by atoms with van der Waals surface area (Å²) in [5.74, 6) is 1.05. The first-order chi connectivity index (χ1) is 29.9. The van der Waals surface area contributed by atoms with Gasteiger partial charge in [-0.2, -0.15) is 0 Å². The summed E-state index contributed by atoms with van der Waals surface area (Å²) in [5.41, 5.74) is 18.9. The van der Waals surface area contributed by atoms with Crippen molar-refractivity contribution in [2.45, 2.75) is 37.5 Å². The Morgan fingerprint density at radius 3 is 2.08 bits per heavy atom. The van der Waals surface area contributed by atoms with Gasteiger partial charge in [-0.05, 0) is 119 Å². The number of para-hydroxylation sites is 1. The zero-order valence-electron chi connectivity index (χ0n) is 34.3. The number of nitrogens with zero attached hydrogens (tertiary/aromatic N) is 2. The SMILES string of the molecule is C=C1C(n2c3ccc(C4Cc5cc6ccccc6cc5-c5ccccc54)cc3c3c4ccccc4ccc32)=Nc2ccccc2C1c1cccc2c1C(C)(C)c1ccccc1-2. The van der Waals surface area contributed by atoms with Crippen LogP contribution in [0.25, 0.3) is 65.6 Å². The summed E-state index contributed by atoms with van der Waals surface area (Å²) >= 11 is 0. The van der Waals surface area contributed by atoms with Crippen LogP contribution in [0.4, 0.5) is 5.69 Å². The van der Waals surface area contributed by atoms with Crippen LogP contribution in [-0.4, -0.2) is 10.4 Å². The normalized spacial score (nSPS) is 17.2.